The third-order valence-corrected chi connectivity index (χ3v) is 9.27. The second-order valence-electron chi connectivity index (χ2n) is 11.4. The van der Waals surface area contributed by atoms with Crippen molar-refractivity contribution in [2.24, 2.45) is 0 Å². The SMILES string of the molecule is Cc1sc(NC(=O)NCc2c(-c3cccc(F)c3)sc3c2CCN(CCN(C)C)C3)c(C(=O)OC(C)(C)C)c1C. The van der Waals surface area contributed by atoms with Gasteiger partial charge in [0.05, 0.1) is 5.56 Å². The van der Waals surface area contributed by atoms with Gasteiger partial charge in [-0.1, -0.05) is 12.1 Å². The van der Waals surface area contributed by atoms with Crippen LogP contribution in [0.15, 0.2) is 24.3 Å². The zero-order chi connectivity index (χ0) is 29.2. The van der Waals surface area contributed by atoms with Crippen LogP contribution >= 0.6 is 22.7 Å². The molecule has 1 aliphatic heterocycles. The summed E-state index contributed by atoms with van der Waals surface area (Å²) < 4.78 is 19.8. The molecule has 1 aliphatic rings. The quantitative estimate of drug-likeness (QED) is 0.298. The van der Waals surface area contributed by atoms with Gasteiger partial charge in [0.25, 0.3) is 0 Å². The molecule has 2 N–H and O–H groups in total. The van der Waals surface area contributed by atoms with Gasteiger partial charge in [0, 0.05) is 47.4 Å². The number of urea groups is 1. The molecule has 0 atom stereocenters. The molecule has 0 spiro atoms. The average molecular weight is 587 g/mol. The number of hydrogen-bond donors (Lipinski definition) is 2. The van der Waals surface area contributed by atoms with Crippen LogP contribution in [0.5, 0.6) is 0 Å². The van der Waals surface area contributed by atoms with Crippen molar-refractivity contribution in [3.8, 4) is 10.4 Å². The van der Waals surface area contributed by atoms with Gasteiger partial charge < -0.3 is 15.0 Å². The molecule has 1 aromatic carbocycles. The molecular weight excluding hydrogens is 547 g/mol. The summed E-state index contributed by atoms with van der Waals surface area (Å²) in [4.78, 5) is 33.8. The zero-order valence-electron chi connectivity index (χ0n) is 24.4. The molecule has 0 fully saturated rings. The van der Waals surface area contributed by atoms with E-state index in [1.807, 2.05) is 40.7 Å². The number of carbonyl (C=O) groups excluding carboxylic acids is 2. The fourth-order valence-corrected chi connectivity index (χ4v) is 7.16. The first-order valence-corrected chi connectivity index (χ1v) is 15.1. The number of rotatable bonds is 8. The Balaban J connectivity index is 1.55. The highest BCUT2D eigenvalue weighted by Crippen LogP contribution is 2.40. The molecule has 0 radical (unpaired) electrons. The van der Waals surface area contributed by atoms with E-state index in [2.05, 4.69) is 34.5 Å². The van der Waals surface area contributed by atoms with Crippen molar-refractivity contribution < 1.29 is 18.7 Å². The van der Waals surface area contributed by atoms with Crippen molar-refractivity contribution >= 4 is 39.7 Å². The number of hydrogen-bond acceptors (Lipinski definition) is 7. The minimum atomic E-state index is -0.647. The van der Waals surface area contributed by atoms with E-state index in [0.29, 0.717) is 17.1 Å². The number of anilines is 1. The van der Waals surface area contributed by atoms with Crippen LogP contribution in [0.4, 0.5) is 14.2 Å². The van der Waals surface area contributed by atoms with Gasteiger partial charge in [0.2, 0.25) is 0 Å². The normalized spacial score (nSPS) is 13.8. The van der Waals surface area contributed by atoms with Crippen molar-refractivity contribution in [2.75, 3.05) is 39.0 Å². The number of carbonyl (C=O) groups is 2. The van der Waals surface area contributed by atoms with E-state index in [9.17, 15) is 14.0 Å². The van der Waals surface area contributed by atoms with Crippen LogP contribution < -0.4 is 10.6 Å². The molecule has 3 aromatic rings. The van der Waals surface area contributed by atoms with Gasteiger partial charge in [-0.2, -0.15) is 0 Å². The van der Waals surface area contributed by atoms with E-state index in [1.165, 1.54) is 27.8 Å². The van der Waals surface area contributed by atoms with Gasteiger partial charge in [-0.25, -0.2) is 14.0 Å². The van der Waals surface area contributed by atoms with Crippen LogP contribution in [0, 0.1) is 19.7 Å². The number of ether oxygens (including phenoxy) is 1. The molecule has 4 rings (SSSR count). The highest BCUT2D eigenvalue weighted by Gasteiger charge is 2.28. The van der Waals surface area contributed by atoms with E-state index < -0.39 is 17.6 Å². The van der Waals surface area contributed by atoms with E-state index in [-0.39, 0.29) is 5.82 Å². The number of amides is 2. The van der Waals surface area contributed by atoms with Crippen LogP contribution in [0.3, 0.4) is 0 Å². The van der Waals surface area contributed by atoms with E-state index in [4.69, 9.17) is 4.74 Å². The number of benzene rings is 1. The molecule has 216 valence electrons. The number of thiophene rings is 2. The van der Waals surface area contributed by atoms with Crippen LogP contribution in [0.25, 0.3) is 10.4 Å². The first-order chi connectivity index (χ1) is 18.8. The minimum absolute atomic E-state index is 0.286. The van der Waals surface area contributed by atoms with Crippen LogP contribution in [0.1, 0.15) is 57.6 Å². The van der Waals surface area contributed by atoms with Crippen LogP contribution in [-0.2, 0) is 24.2 Å². The Hall–Kier alpha value is -2.79. The lowest BCUT2D eigenvalue weighted by molar-refractivity contribution is 0.00704. The molecule has 7 nitrogen and oxygen atoms in total. The molecule has 2 amide bonds. The predicted octanol–water partition coefficient (Wildman–Crippen LogP) is 6.43. The fourth-order valence-electron chi connectivity index (χ4n) is 4.71. The summed E-state index contributed by atoms with van der Waals surface area (Å²) in [5.41, 5.74) is 3.62. The van der Waals surface area contributed by atoms with Gasteiger partial charge in [-0.3, -0.25) is 10.2 Å². The van der Waals surface area contributed by atoms with Gasteiger partial charge in [0.1, 0.15) is 16.4 Å². The van der Waals surface area contributed by atoms with Crippen molar-refractivity contribution in [1.29, 1.82) is 0 Å². The number of halogens is 1. The van der Waals surface area contributed by atoms with Crippen molar-refractivity contribution in [3.05, 3.63) is 62.1 Å². The lowest BCUT2D eigenvalue weighted by Crippen LogP contribution is -2.35. The Morgan fingerprint density at radius 2 is 1.93 bits per heavy atom. The molecule has 0 saturated heterocycles. The summed E-state index contributed by atoms with van der Waals surface area (Å²) in [5, 5.41) is 6.35. The third kappa shape index (κ3) is 7.28. The Morgan fingerprint density at radius 3 is 2.60 bits per heavy atom. The second kappa shape index (κ2) is 12.4. The fraction of sp³-hybridized carbons (Fsp3) is 0.467. The summed E-state index contributed by atoms with van der Waals surface area (Å²) in [6.45, 7) is 13.3. The Bertz CT molecular complexity index is 1390. The van der Waals surface area contributed by atoms with Gasteiger partial charge in [0.15, 0.2) is 0 Å². The molecule has 0 unspecified atom stereocenters. The lowest BCUT2D eigenvalue weighted by Gasteiger charge is -2.28. The zero-order valence-corrected chi connectivity index (χ0v) is 26.0. The first kappa shape index (κ1) is 30.2. The maximum Gasteiger partial charge on any atom is 0.341 e. The molecule has 0 saturated carbocycles. The lowest BCUT2D eigenvalue weighted by atomic mass is 9.99. The van der Waals surface area contributed by atoms with Crippen LogP contribution in [0.2, 0.25) is 0 Å². The van der Waals surface area contributed by atoms with Crippen molar-refractivity contribution in [1.82, 2.24) is 15.1 Å². The number of esters is 1. The monoisotopic (exact) mass is 586 g/mol. The summed E-state index contributed by atoms with van der Waals surface area (Å²) in [6, 6.07) is 6.22. The summed E-state index contributed by atoms with van der Waals surface area (Å²) in [6.07, 6.45) is 0.874. The summed E-state index contributed by atoms with van der Waals surface area (Å²) in [7, 11) is 4.15. The maximum absolute atomic E-state index is 14.2. The second-order valence-corrected chi connectivity index (χ2v) is 13.8. The van der Waals surface area contributed by atoms with Gasteiger partial charge in [-0.05, 0) is 89.5 Å². The molecule has 40 heavy (non-hydrogen) atoms. The van der Waals surface area contributed by atoms with Crippen molar-refractivity contribution in [3.63, 3.8) is 0 Å². The standard InChI is InChI=1S/C30H39FN4O3S2/c1-18-19(2)39-27(25(18)28(36)38-30(3,4)5)33-29(37)32-16-23-22-11-12-35(14-13-34(6)7)17-24(22)40-26(23)20-9-8-10-21(31)15-20/h8-10,15H,11-14,16-17H2,1-7H3,(H2,32,33,37). The number of nitrogens with one attached hydrogen (secondary N) is 2. The van der Waals surface area contributed by atoms with E-state index in [0.717, 1.165) is 59.0 Å². The smallest absolute Gasteiger partial charge is 0.341 e. The Labute approximate surface area is 244 Å². The number of fused-ring (bicyclic) bond motifs is 1. The largest absolute Gasteiger partial charge is 0.456 e. The topological polar surface area (TPSA) is 73.9 Å². The highest BCUT2D eigenvalue weighted by atomic mass is 32.1. The number of nitrogens with zero attached hydrogens (tertiary/aromatic N) is 2. The molecule has 0 aliphatic carbocycles. The maximum atomic E-state index is 14.2. The summed E-state index contributed by atoms with van der Waals surface area (Å²) in [5.74, 6) is -0.741. The Morgan fingerprint density at radius 1 is 1.18 bits per heavy atom. The number of aryl methyl sites for hydroxylation is 1. The predicted molar refractivity (Wildman–Crippen MR) is 162 cm³/mol. The average Bonchev–Trinajstić information content (AvgIpc) is 3.36. The summed E-state index contributed by atoms with van der Waals surface area (Å²) >= 11 is 3.04. The van der Waals surface area contributed by atoms with E-state index in [1.54, 1.807) is 23.5 Å². The third-order valence-electron chi connectivity index (χ3n) is 6.84. The van der Waals surface area contributed by atoms with Gasteiger partial charge in [-0.15, -0.1) is 22.7 Å². The highest BCUT2D eigenvalue weighted by molar-refractivity contribution is 7.17. The van der Waals surface area contributed by atoms with Gasteiger partial charge >= 0.3 is 12.0 Å². The first-order valence-electron chi connectivity index (χ1n) is 13.5. The van der Waals surface area contributed by atoms with E-state index >= 15 is 0 Å². The van der Waals surface area contributed by atoms with Crippen LogP contribution in [-0.4, -0.2) is 61.1 Å². The minimum Gasteiger partial charge on any atom is -0.456 e. The molecular formula is C30H39FN4O3S2. The number of likely N-dealkylation sites (N-methyl/N-ethyl adjacent to an activating group) is 1. The molecule has 10 heteroatoms. The van der Waals surface area contributed by atoms with Crippen molar-refractivity contribution in [2.45, 2.75) is 59.7 Å². The molecule has 2 aromatic heterocycles. The Kier molecular flexibility index (Phi) is 9.34. The molecule has 0 bridgehead atoms. The molecule has 3 heterocycles.